The quantitative estimate of drug-likeness (QED) is 0.241. The summed E-state index contributed by atoms with van der Waals surface area (Å²) in [5.74, 6) is -4.49. The van der Waals surface area contributed by atoms with E-state index in [1.165, 1.54) is 0 Å². The molecular formula is C35H48F6O5. The molecule has 46 heavy (non-hydrogen) atoms. The lowest BCUT2D eigenvalue weighted by molar-refractivity contribution is -0.365. The maximum atomic E-state index is 14.5. The van der Waals surface area contributed by atoms with Crippen molar-refractivity contribution in [3.8, 4) is 0 Å². The topological polar surface area (TPSA) is 80.7 Å². The number of carboxylic acid groups (broad SMARTS) is 1. The number of alkyl halides is 6. The van der Waals surface area contributed by atoms with E-state index in [2.05, 4.69) is 25.5 Å². The first kappa shape index (κ1) is 35.2. The molecule has 9 atom stereocenters. The van der Waals surface area contributed by atoms with E-state index in [0.717, 1.165) is 24.8 Å². The number of esters is 1. The first-order valence-corrected chi connectivity index (χ1v) is 16.5. The zero-order valence-electron chi connectivity index (χ0n) is 28.1. The van der Waals surface area contributed by atoms with Crippen LogP contribution in [0, 0.1) is 56.2 Å². The average molecular weight is 663 g/mol. The van der Waals surface area contributed by atoms with Gasteiger partial charge in [-0.05, 0) is 117 Å². The number of fused-ring (bicyclic) bond motifs is 7. The lowest BCUT2D eigenvalue weighted by Crippen LogP contribution is -2.66. The van der Waals surface area contributed by atoms with Gasteiger partial charge in [-0.3, -0.25) is 14.4 Å². The monoisotopic (exact) mass is 662 g/mol. The molecule has 260 valence electrons. The van der Waals surface area contributed by atoms with Gasteiger partial charge in [0.25, 0.3) is 5.60 Å². The molecular weight excluding hydrogens is 614 g/mol. The number of rotatable bonds is 3. The molecule has 0 amide bonds. The van der Waals surface area contributed by atoms with E-state index < -0.39 is 68.8 Å². The summed E-state index contributed by atoms with van der Waals surface area (Å²) >= 11 is 0. The van der Waals surface area contributed by atoms with Crippen LogP contribution >= 0.6 is 0 Å². The van der Waals surface area contributed by atoms with Crippen LogP contribution in [0.4, 0.5) is 26.3 Å². The fraction of sp³-hybridized carbons (Fsp3) is 0.857. The molecule has 1 N–H and O–H groups in total. The zero-order valence-corrected chi connectivity index (χ0v) is 28.1. The highest BCUT2D eigenvalue weighted by Gasteiger charge is 2.73. The number of ether oxygens (including phenoxy) is 1. The molecule has 5 nitrogen and oxygen atoms in total. The molecule has 11 heteroatoms. The molecule has 0 aromatic heterocycles. The Hall–Kier alpha value is -2.07. The molecule has 4 saturated carbocycles. The minimum absolute atomic E-state index is 0.00453. The summed E-state index contributed by atoms with van der Waals surface area (Å²) in [6.45, 7) is 13.6. The van der Waals surface area contributed by atoms with E-state index >= 15 is 0 Å². The fourth-order valence-electron chi connectivity index (χ4n) is 11.4. The molecule has 0 aromatic carbocycles. The molecule has 0 aliphatic heterocycles. The van der Waals surface area contributed by atoms with Gasteiger partial charge in [0.2, 0.25) is 0 Å². The number of carbonyl (C=O) groups excluding carboxylic acids is 2. The van der Waals surface area contributed by atoms with Crippen molar-refractivity contribution in [2.45, 2.75) is 131 Å². The van der Waals surface area contributed by atoms with Crippen LogP contribution in [0.5, 0.6) is 0 Å². The second-order valence-corrected chi connectivity index (χ2v) is 17.4. The largest absolute Gasteiger partial charge is 0.481 e. The molecule has 0 radical (unpaired) electrons. The predicted octanol–water partition coefficient (Wildman–Crippen LogP) is 9.09. The summed E-state index contributed by atoms with van der Waals surface area (Å²) in [4.78, 5) is 40.1. The summed E-state index contributed by atoms with van der Waals surface area (Å²) in [6, 6.07) is 0. The van der Waals surface area contributed by atoms with E-state index in [9.17, 15) is 45.8 Å². The summed E-state index contributed by atoms with van der Waals surface area (Å²) in [5, 5.41) is 10.1. The van der Waals surface area contributed by atoms with Crippen molar-refractivity contribution in [2.24, 2.45) is 56.2 Å². The molecule has 5 aliphatic carbocycles. The second kappa shape index (κ2) is 9.99. The van der Waals surface area contributed by atoms with Crippen LogP contribution < -0.4 is 0 Å². The van der Waals surface area contributed by atoms with Crippen LogP contribution in [0.2, 0.25) is 0 Å². The first-order valence-electron chi connectivity index (χ1n) is 16.5. The van der Waals surface area contributed by atoms with Gasteiger partial charge < -0.3 is 9.84 Å². The highest BCUT2D eigenvalue weighted by molar-refractivity contribution is 5.96. The van der Waals surface area contributed by atoms with Crippen molar-refractivity contribution in [3.63, 3.8) is 0 Å². The maximum Gasteiger partial charge on any atom is 0.437 e. The lowest BCUT2D eigenvalue weighted by atomic mass is 9.33. The van der Waals surface area contributed by atoms with E-state index in [1.54, 1.807) is 26.8 Å². The van der Waals surface area contributed by atoms with Crippen molar-refractivity contribution in [2.75, 3.05) is 0 Å². The van der Waals surface area contributed by atoms with Gasteiger partial charge in [0.15, 0.2) is 5.78 Å². The lowest BCUT2D eigenvalue weighted by Gasteiger charge is -2.70. The normalized spacial score (nSPS) is 44.1. The van der Waals surface area contributed by atoms with Crippen molar-refractivity contribution in [1.29, 1.82) is 0 Å². The molecule has 0 saturated heterocycles. The predicted molar refractivity (Wildman–Crippen MR) is 157 cm³/mol. The Morgan fingerprint density at radius 2 is 1.41 bits per heavy atom. The van der Waals surface area contributed by atoms with Crippen molar-refractivity contribution >= 4 is 17.7 Å². The summed E-state index contributed by atoms with van der Waals surface area (Å²) < 4.78 is 86.2. The van der Waals surface area contributed by atoms with Gasteiger partial charge in [-0.25, -0.2) is 0 Å². The summed E-state index contributed by atoms with van der Waals surface area (Å²) in [5.41, 5.74) is -7.24. The summed E-state index contributed by atoms with van der Waals surface area (Å²) in [7, 11) is 0. The Morgan fingerprint density at radius 3 is 1.96 bits per heavy atom. The van der Waals surface area contributed by atoms with E-state index in [-0.39, 0.29) is 42.8 Å². The molecule has 0 bridgehead atoms. The minimum atomic E-state index is -5.86. The van der Waals surface area contributed by atoms with Crippen LogP contribution in [0.15, 0.2) is 11.6 Å². The number of carboxylic acids is 1. The molecule has 1 unspecified atom stereocenters. The zero-order chi connectivity index (χ0) is 34.9. The Bertz CT molecular complexity index is 1350. The third kappa shape index (κ3) is 4.50. The van der Waals surface area contributed by atoms with Crippen molar-refractivity contribution < 1.29 is 50.6 Å². The number of hydrogen-bond acceptors (Lipinski definition) is 4. The van der Waals surface area contributed by atoms with Crippen LogP contribution in [0.1, 0.15) is 113 Å². The maximum absolute atomic E-state index is 14.5. The molecule has 4 fully saturated rings. The van der Waals surface area contributed by atoms with Gasteiger partial charge in [0, 0.05) is 5.92 Å². The van der Waals surface area contributed by atoms with Gasteiger partial charge >= 0.3 is 24.3 Å². The molecule has 5 rings (SSSR count). The molecule has 0 heterocycles. The molecule has 0 spiro atoms. The van der Waals surface area contributed by atoms with Gasteiger partial charge in [0.05, 0.1) is 11.3 Å². The number of allylic oxidation sites excluding steroid dienone is 2. The second-order valence-electron chi connectivity index (χ2n) is 17.4. The van der Waals surface area contributed by atoms with Crippen molar-refractivity contribution in [3.05, 3.63) is 11.6 Å². The standard InChI is InChI=1S/C35H48F6O5/c1-27(2)19(25(43)46-33(8,34(36,37)38)35(39,40)41)9-11-30(5)23(27)10-12-32(7)24(30)22(42)17-20-21-18-29(4,26(44)45)14-13-28(21,3)15-16-31(20,32)6/h17,19,21,23-24H,9-16,18H2,1-8H3,(H,44,45)/t19-,21?,23+,24-,28-,29+,30+,31-,32-/m1/s1. The van der Waals surface area contributed by atoms with Crippen LogP contribution in [0.25, 0.3) is 0 Å². The Morgan fingerprint density at radius 1 is 0.848 bits per heavy atom. The third-order valence-corrected chi connectivity index (χ3v) is 14.8. The fourth-order valence-corrected chi connectivity index (χ4v) is 11.4. The molecule has 5 aliphatic rings. The van der Waals surface area contributed by atoms with E-state index in [1.807, 2.05) is 6.92 Å². The van der Waals surface area contributed by atoms with Gasteiger partial charge in [-0.2, -0.15) is 26.3 Å². The SMILES string of the molecule is CC1(C)[C@@H](C(=O)OC(C)(C(F)(F)F)C(F)(F)F)CC[C@]2(C)[C@H]3C(=O)C=C4C5C[C@@](C)(C(=O)O)CC[C@]5(C)CC[C@@]4(C)[C@]3(C)CC[C@@H]12. The smallest absolute Gasteiger partial charge is 0.437 e. The Balaban J connectivity index is 1.51. The Labute approximate surface area is 267 Å². The van der Waals surface area contributed by atoms with Crippen LogP contribution in [-0.4, -0.2) is 40.8 Å². The first-order chi connectivity index (χ1) is 20.6. The van der Waals surface area contributed by atoms with Crippen LogP contribution in [-0.2, 0) is 19.1 Å². The molecule has 0 aromatic rings. The van der Waals surface area contributed by atoms with Gasteiger partial charge in [-0.15, -0.1) is 0 Å². The van der Waals surface area contributed by atoms with Gasteiger partial charge in [-0.1, -0.05) is 47.1 Å². The number of ketones is 1. The van der Waals surface area contributed by atoms with Gasteiger partial charge in [0.1, 0.15) is 0 Å². The third-order valence-electron chi connectivity index (χ3n) is 14.8. The van der Waals surface area contributed by atoms with E-state index in [4.69, 9.17) is 0 Å². The number of aliphatic carboxylic acids is 1. The van der Waals surface area contributed by atoms with E-state index in [0.29, 0.717) is 25.7 Å². The average Bonchev–Trinajstić information content (AvgIpc) is 2.89. The number of halogens is 6. The van der Waals surface area contributed by atoms with Crippen molar-refractivity contribution in [1.82, 2.24) is 0 Å². The Kier molecular flexibility index (Phi) is 7.65. The summed E-state index contributed by atoms with van der Waals surface area (Å²) in [6.07, 6.45) is -5.00. The van der Waals surface area contributed by atoms with Crippen LogP contribution in [0.3, 0.4) is 0 Å². The number of carbonyl (C=O) groups is 3. The highest BCUT2D eigenvalue weighted by Crippen LogP contribution is 2.75. The highest BCUT2D eigenvalue weighted by atomic mass is 19.4. The number of hydrogen-bond donors (Lipinski definition) is 1. The minimum Gasteiger partial charge on any atom is -0.481 e.